The number of aldehydes is 1. The number of nitrogens with zero attached hydrogens (tertiary/aromatic N) is 1. The fraction of sp³-hybridized carbons (Fsp3) is 0.281. The summed E-state index contributed by atoms with van der Waals surface area (Å²) in [5.41, 5.74) is 3.59. The Morgan fingerprint density at radius 1 is 0.953 bits per heavy atom. The summed E-state index contributed by atoms with van der Waals surface area (Å²) in [5.74, 6) is -9.88. The van der Waals surface area contributed by atoms with Gasteiger partial charge in [0.05, 0.1) is 17.8 Å². The highest BCUT2D eigenvalue weighted by atomic mass is 16.3. The van der Waals surface area contributed by atoms with E-state index in [-0.39, 0.29) is 11.1 Å². The number of amides is 1. The molecule has 221 valence electrons. The number of fused-ring (bicyclic) bond motifs is 4. The maximum absolute atomic E-state index is 14.1. The largest absolute Gasteiger partial charge is 0.507 e. The van der Waals surface area contributed by atoms with Crippen molar-refractivity contribution in [3.63, 3.8) is 0 Å². The number of Topliss-reactive ketones (excluding diaryl/α,β-unsaturated/α-hetero) is 2. The van der Waals surface area contributed by atoms with Crippen molar-refractivity contribution >= 4 is 40.3 Å². The van der Waals surface area contributed by atoms with E-state index in [4.69, 9.17) is 5.73 Å². The lowest BCUT2D eigenvalue weighted by Crippen LogP contribution is -2.76. The molecule has 2 saturated carbocycles. The third-order valence-electron chi connectivity index (χ3n) is 9.20. The SMILES string of the molecule is CN(C)[C@H]1C(O)C(C(N)=O)C(=O)[C@]2(O)C(=O)C3=C(O)c4c(O)ccc(-c5ccc(C=O)c6ccccc56)c4[CH][C@@H]3[C@@H](O)[C@H]12. The minimum absolute atomic E-state index is 0.159. The highest BCUT2D eigenvalue weighted by Crippen LogP contribution is 2.54. The maximum Gasteiger partial charge on any atom is 0.230 e. The van der Waals surface area contributed by atoms with Crippen LogP contribution >= 0.6 is 0 Å². The molecular weight excluding hydrogens is 556 g/mol. The van der Waals surface area contributed by atoms with Crippen molar-refractivity contribution in [1.82, 2.24) is 4.90 Å². The predicted molar refractivity (Wildman–Crippen MR) is 154 cm³/mol. The number of phenols is 1. The van der Waals surface area contributed by atoms with Crippen LogP contribution in [0.5, 0.6) is 5.75 Å². The molecule has 7 N–H and O–H groups in total. The number of primary amides is 1. The molecule has 1 radical (unpaired) electrons. The van der Waals surface area contributed by atoms with Crippen LogP contribution in [0, 0.1) is 24.2 Å². The Morgan fingerprint density at radius 3 is 2.23 bits per heavy atom. The number of aromatic hydroxyl groups is 1. The van der Waals surface area contributed by atoms with Crippen LogP contribution in [-0.2, 0) is 14.4 Å². The lowest BCUT2D eigenvalue weighted by atomic mass is 9.53. The van der Waals surface area contributed by atoms with Crippen molar-refractivity contribution in [3.05, 3.63) is 77.2 Å². The third kappa shape index (κ3) is 3.75. The van der Waals surface area contributed by atoms with Gasteiger partial charge in [-0.05, 0) is 47.6 Å². The van der Waals surface area contributed by atoms with Gasteiger partial charge < -0.3 is 36.2 Å². The highest BCUT2D eigenvalue weighted by Gasteiger charge is 2.70. The molecule has 0 heterocycles. The number of hydrogen-bond donors (Lipinski definition) is 6. The van der Waals surface area contributed by atoms with Gasteiger partial charge in [0.2, 0.25) is 11.7 Å². The second-order valence-electron chi connectivity index (χ2n) is 11.5. The van der Waals surface area contributed by atoms with Gasteiger partial charge in [-0.2, -0.15) is 0 Å². The Balaban J connectivity index is 1.60. The molecule has 7 atom stereocenters. The lowest BCUT2D eigenvalue weighted by molar-refractivity contribution is -0.197. The van der Waals surface area contributed by atoms with Crippen LogP contribution in [0.25, 0.3) is 27.7 Å². The van der Waals surface area contributed by atoms with E-state index in [2.05, 4.69) is 0 Å². The van der Waals surface area contributed by atoms with Gasteiger partial charge >= 0.3 is 0 Å². The predicted octanol–water partition coefficient (Wildman–Crippen LogP) is 0.742. The summed E-state index contributed by atoms with van der Waals surface area (Å²) in [5, 5.41) is 58.4. The Morgan fingerprint density at radius 2 is 1.60 bits per heavy atom. The summed E-state index contributed by atoms with van der Waals surface area (Å²) >= 11 is 0. The van der Waals surface area contributed by atoms with E-state index in [0.29, 0.717) is 27.5 Å². The molecule has 0 aliphatic heterocycles. The third-order valence-corrected chi connectivity index (χ3v) is 9.20. The molecule has 0 bridgehead atoms. The molecule has 1 amide bonds. The number of hydrogen-bond acceptors (Lipinski definition) is 10. The quantitative estimate of drug-likeness (QED) is 0.188. The molecule has 11 nitrogen and oxygen atoms in total. The number of benzene rings is 3. The van der Waals surface area contributed by atoms with Crippen molar-refractivity contribution in [2.24, 2.45) is 23.5 Å². The zero-order chi connectivity index (χ0) is 31.1. The van der Waals surface area contributed by atoms with Crippen LogP contribution in [0.4, 0.5) is 0 Å². The second kappa shape index (κ2) is 9.81. The maximum atomic E-state index is 14.1. The van der Waals surface area contributed by atoms with Crippen molar-refractivity contribution < 1.29 is 44.7 Å². The monoisotopic (exact) mass is 585 g/mol. The van der Waals surface area contributed by atoms with Crippen LogP contribution in [0.1, 0.15) is 21.5 Å². The van der Waals surface area contributed by atoms with Crippen LogP contribution in [-0.4, -0.2) is 92.1 Å². The van der Waals surface area contributed by atoms with Crippen LogP contribution in [0.2, 0.25) is 0 Å². The molecule has 0 saturated heterocycles. The molecule has 6 rings (SSSR count). The molecule has 2 unspecified atom stereocenters. The Bertz CT molecular complexity index is 1780. The van der Waals surface area contributed by atoms with Crippen LogP contribution in [0.3, 0.4) is 0 Å². The molecule has 3 aromatic carbocycles. The first kappa shape index (κ1) is 28.7. The summed E-state index contributed by atoms with van der Waals surface area (Å²) in [6.45, 7) is 0. The smallest absolute Gasteiger partial charge is 0.230 e. The summed E-state index contributed by atoms with van der Waals surface area (Å²) in [4.78, 5) is 52.9. The Kier molecular flexibility index (Phi) is 6.55. The number of aliphatic hydroxyl groups is 4. The van der Waals surface area contributed by atoms with Crippen LogP contribution in [0.15, 0.2) is 54.1 Å². The molecule has 2 fully saturated rings. The number of carbonyl (C=O) groups excluding carboxylic acids is 4. The van der Waals surface area contributed by atoms with Crippen molar-refractivity contribution in [2.75, 3.05) is 14.1 Å². The van der Waals surface area contributed by atoms with Crippen molar-refractivity contribution in [1.29, 1.82) is 0 Å². The molecule has 0 aromatic heterocycles. The van der Waals surface area contributed by atoms with Gasteiger partial charge in [-0.25, -0.2) is 0 Å². The number of ketones is 2. The average molecular weight is 586 g/mol. The van der Waals surface area contributed by atoms with E-state index in [1.54, 1.807) is 36.4 Å². The minimum Gasteiger partial charge on any atom is -0.507 e. The number of phenolic OH excluding ortho intramolecular Hbond substituents is 1. The van der Waals surface area contributed by atoms with E-state index in [0.717, 1.165) is 6.29 Å². The first-order valence-electron chi connectivity index (χ1n) is 13.6. The van der Waals surface area contributed by atoms with E-state index >= 15 is 0 Å². The lowest BCUT2D eigenvalue weighted by Gasteiger charge is -2.55. The number of nitrogens with two attached hydrogens (primary N) is 1. The molecule has 43 heavy (non-hydrogen) atoms. The average Bonchev–Trinajstić information content (AvgIpc) is 2.96. The molecule has 3 aromatic rings. The normalized spacial score (nSPS) is 30.2. The first-order chi connectivity index (χ1) is 20.4. The molecule has 3 aliphatic rings. The van der Waals surface area contributed by atoms with Gasteiger partial charge in [-0.3, -0.25) is 19.2 Å². The standard InChI is InChI=1S/C32H29N2O9/c1-34(2)25-24-26(37)19-11-18-17(16-8-7-13(12-35)14-5-3-4-6-15(14)16)9-10-20(36)21(18)27(38)22(19)29(40)32(24,43)30(41)23(28(25)39)31(33)42/h3-12,19,23-26,28,36-39,43H,1-2H3,(H2,33,42)/t19-,23?,24-,25+,26+,28?,32+/m0/s1. The van der Waals surface area contributed by atoms with Gasteiger partial charge in [0.15, 0.2) is 17.7 Å². The van der Waals surface area contributed by atoms with Crippen LogP contribution < -0.4 is 5.73 Å². The summed E-state index contributed by atoms with van der Waals surface area (Å²) < 4.78 is 0. The van der Waals surface area contributed by atoms with E-state index in [1.807, 2.05) is 6.07 Å². The topological polar surface area (TPSA) is 199 Å². The van der Waals surface area contributed by atoms with Gasteiger partial charge in [-0.15, -0.1) is 0 Å². The zero-order valence-corrected chi connectivity index (χ0v) is 23.1. The van der Waals surface area contributed by atoms with Gasteiger partial charge in [0.1, 0.15) is 17.4 Å². The van der Waals surface area contributed by atoms with E-state index in [9.17, 15) is 44.7 Å². The molecule has 3 aliphatic carbocycles. The highest BCUT2D eigenvalue weighted by molar-refractivity contribution is 6.25. The Hall–Kier alpha value is -4.42. The minimum atomic E-state index is -3.01. The van der Waals surface area contributed by atoms with Gasteiger partial charge in [0.25, 0.3) is 0 Å². The number of likely N-dealkylation sites (N-methyl/N-ethyl adjacent to an activating group) is 1. The molecular formula is C32H29N2O9. The summed E-state index contributed by atoms with van der Waals surface area (Å²) in [6, 6.07) is 12.2. The van der Waals surface area contributed by atoms with Crippen molar-refractivity contribution in [2.45, 2.75) is 23.9 Å². The molecule has 0 spiro atoms. The van der Waals surface area contributed by atoms with E-state index in [1.165, 1.54) is 31.5 Å². The fourth-order valence-electron chi connectivity index (χ4n) is 7.29. The summed E-state index contributed by atoms with van der Waals surface area (Å²) in [7, 11) is 2.98. The summed E-state index contributed by atoms with van der Waals surface area (Å²) in [6.07, 6.45) is -1.24. The van der Waals surface area contributed by atoms with Crippen molar-refractivity contribution in [3.8, 4) is 16.9 Å². The first-order valence-corrected chi connectivity index (χ1v) is 13.6. The van der Waals surface area contributed by atoms with Gasteiger partial charge in [-0.1, -0.05) is 42.5 Å². The number of rotatable bonds is 4. The fourth-order valence-corrected chi connectivity index (χ4v) is 7.29. The second-order valence-corrected chi connectivity index (χ2v) is 11.5. The number of carbonyl (C=O) groups is 4. The molecule has 11 heteroatoms. The zero-order valence-electron chi connectivity index (χ0n) is 23.1. The van der Waals surface area contributed by atoms with Gasteiger partial charge in [0, 0.05) is 35.4 Å². The Labute approximate surface area is 245 Å². The van der Waals surface area contributed by atoms with E-state index < -0.39 is 76.2 Å². The number of aliphatic hydroxyl groups excluding tert-OH is 3.